The zero-order valence-electron chi connectivity index (χ0n) is 10.5. The molecule has 98 valence electrons. The summed E-state index contributed by atoms with van der Waals surface area (Å²) in [5, 5.41) is 12.4. The molecule has 1 aliphatic heterocycles. The highest BCUT2D eigenvalue weighted by molar-refractivity contribution is 5.72. The lowest BCUT2D eigenvalue weighted by Gasteiger charge is -2.28. The smallest absolute Gasteiger partial charge is 0.332 e. The van der Waals surface area contributed by atoms with Gasteiger partial charge in [-0.25, -0.2) is 4.79 Å². The molecule has 2 fully saturated rings. The lowest BCUT2D eigenvalue weighted by atomic mass is 9.87. The van der Waals surface area contributed by atoms with Crippen LogP contribution >= 0.6 is 0 Å². The van der Waals surface area contributed by atoms with Gasteiger partial charge in [0.15, 0.2) is 6.10 Å². The summed E-state index contributed by atoms with van der Waals surface area (Å²) in [6, 6.07) is 0.610. The highest BCUT2D eigenvalue weighted by Crippen LogP contribution is 2.24. The van der Waals surface area contributed by atoms with Crippen molar-refractivity contribution in [2.45, 2.75) is 63.7 Å². The van der Waals surface area contributed by atoms with Gasteiger partial charge in [0.25, 0.3) is 0 Å². The quantitative estimate of drug-likeness (QED) is 0.788. The molecule has 4 nitrogen and oxygen atoms in total. The molecule has 0 amide bonds. The molecule has 0 radical (unpaired) electrons. The van der Waals surface area contributed by atoms with Gasteiger partial charge >= 0.3 is 5.97 Å². The van der Waals surface area contributed by atoms with Crippen molar-refractivity contribution in [1.29, 1.82) is 0 Å². The van der Waals surface area contributed by atoms with E-state index in [1.54, 1.807) is 0 Å². The Morgan fingerprint density at radius 3 is 2.53 bits per heavy atom. The molecule has 0 spiro atoms. The van der Waals surface area contributed by atoms with E-state index in [0.717, 1.165) is 18.9 Å². The van der Waals surface area contributed by atoms with Crippen LogP contribution in [0, 0.1) is 5.92 Å². The van der Waals surface area contributed by atoms with Crippen LogP contribution in [0.3, 0.4) is 0 Å². The third-order valence-corrected chi connectivity index (χ3v) is 4.03. The second kappa shape index (κ2) is 5.83. The summed E-state index contributed by atoms with van der Waals surface area (Å²) < 4.78 is 5.47. The highest BCUT2D eigenvalue weighted by atomic mass is 16.5. The maximum absolute atomic E-state index is 10.7. The van der Waals surface area contributed by atoms with Crippen LogP contribution in [0.2, 0.25) is 0 Å². The third kappa shape index (κ3) is 3.68. The zero-order valence-corrected chi connectivity index (χ0v) is 10.5. The van der Waals surface area contributed by atoms with E-state index >= 15 is 0 Å². The van der Waals surface area contributed by atoms with E-state index in [2.05, 4.69) is 12.2 Å². The molecule has 2 unspecified atom stereocenters. The Kier molecular flexibility index (Phi) is 4.40. The van der Waals surface area contributed by atoms with E-state index in [1.807, 2.05) is 0 Å². The molecule has 4 heteroatoms. The molecule has 1 saturated carbocycles. The molecule has 2 rings (SSSR count). The minimum Gasteiger partial charge on any atom is -0.479 e. The van der Waals surface area contributed by atoms with Crippen LogP contribution in [-0.4, -0.2) is 35.9 Å². The normalized spacial score (nSPS) is 38.2. The van der Waals surface area contributed by atoms with Gasteiger partial charge in [0.2, 0.25) is 0 Å². The SMILES string of the molecule is CC1CCC(NCC2CCC(C(=O)O)O2)CC1. The Morgan fingerprint density at radius 1 is 1.24 bits per heavy atom. The molecule has 0 aromatic carbocycles. The molecule has 0 aromatic rings. The van der Waals surface area contributed by atoms with Crippen LogP contribution in [0.25, 0.3) is 0 Å². The Hall–Kier alpha value is -0.610. The average Bonchev–Trinajstić information content (AvgIpc) is 2.77. The molecule has 0 bridgehead atoms. The Labute approximate surface area is 103 Å². The summed E-state index contributed by atoms with van der Waals surface area (Å²) in [5.41, 5.74) is 0. The van der Waals surface area contributed by atoms with Crippen molar-refractivity contribution in [3.8, 4) is 0 Å². The molecule has 0 aromatic heterocycles. The molecule has 17 heavy (non-hydrogen) atoms. The van der Waals surface area contributed by atoms with Gasteiger partial charge in [-0.15, -0.1) is 0 Å². The molecule has 2 atom stereocenters. The number of rotatable bonds is 4. The molecule has 1 saturated heterocycles. The molecule has 2 aliphatic rings. The summed E-state index contributed by atoms with van der Waals surface area (Å²) >= 11 is 0. The van der Waals surface area contributed by atoms with Crippen molar-refractivity contribution >= 4 is 5.97 Å². The number of nitrogens with one attached hydrogen (secondary N) is 1. The van der Waals surface area contributed by atoms with Gasteiger partial charge in [0.1, 0.15) is 0 Å². The lowest BCUT2D eigenvalue weighted by Crippen LogP contribution is -2.38. The minimum absolute atomic E-state index is 0.0930. The van der Waals surface area contributed by atoms with E-state index in [9.17, 15) is 4.79 Å². The van der Waals surface area contributed by atoms with Crippen molar-refractivity contribution in [2.24, 2.45) is 5.92 Å². The standard InChI is InChI=1S/C13H23NO3/c1-9-2-4-10(5-3-9)14-8-11-6-7-12(17-11)13(15)16/h9-12,14H,2-8H2,1H3,(H,15,16). The fraction of sp³-hybridized carbons (Fsp3) is 0.923. The molecular formula is C13H23NO3. The number of carboxylic acid groups (broad SMARTS) is 1. The zero-order chi connectivity index (χ0) is 12.3. The molecule has 1 heterocycles. The minimum atomic E-state index is -0.820. The predicted molar refractivity (Wildman–Crippen MR) is 65.0 cm³/mol. The maximum Gasteiger partial charge on any atom is 0.332 e. The number of carbonyl (C=O) groups is 1. The average molecular weight is 241 g/mol. The van der Waals surface area contributed by atoms with Gasteiger partial charge in [-0.2, -0.15) is 0 Å². The highest BCUT2D eigenvalue weighted by Gasteiger charge is 2.30. The number of hydrogen-bond acceptors (Lipinski definition) is 3. The van der Waals surface area contributed by atoms with Crippen molar-refractivity contribution in [2.75, 3.05) is 6.54 Å². The number of carboxylic acids is 1. The van der Waals surface area contributed by atoms with Crippen LogP contribution in [0.4, 0.5) is 0 Å². The Bertz CT molecular complexity index is 261. The lowest BCUT2D eigenvalue weighted by molar-refractivity contribution is -0.149. The van der Waals surface area contributed by atoms with E-state index in [1.165, 1.54) is 25.7 Å². The van der Waals surface area contributed by atoms with Crippen molar-refractivity contribution in [3.05, 3.63) is 0 Å². The fourth-order valence-electron chi connectivity index (χ4n) is 2.80. The van der Waals surface area contributed by atoms with Gasteiger partial charge in [-0.05, 0) is 44.4 Å². The van der Waals surface area contributed by atoms with Gasteiger partial charge in [0.05, 0.1) is 6.10 Å². The summed E-state index contributed by atoms with van der Waals surface area (Å²) in [6.45, 7) is 3.12. The first-order chi connectivity index (χ1) is 8.15. The van der Waals surface area contributed by atoms with Gasteiger partial charge < -0.3 is 15.2 Å². The summed E-state index contributed by atoms with van der Waals surface area (Å²) in [7, 11) is 0. The fourth-order valence-corrected chi connectivity index (χ4v) is 2.80. The summed E-state index contributed by atoms with van der Waals surface area (Å²) in [4.78, 5) is 10.7. The van der Waals surface area contributed by atoms with E-state index < -0.39 is 12.1 Å². The second-order valence-corrected chi connectivity index (χ2v) is 5.53. The predicted octanol–water partition coefficient (Wildman–Crippen LogP) is 1.79. The molecule has 2 N–H and O–H groups in total. The summed E-state index contributed by atoms with van der Waals surface area (Å²) in [6.07, 6.45) is 6.15. The van der Waals surface area contributed by atoms with Gasteiger partial charge in [-0.1, -0.05) is 6.92 Å². The Balaban J connectivity index is 1.64. The third-order valence-electron chi connectivity index (χ3n) is 4.03. The van der Waals surface area contributed by atoms with Gasteiger partial charge in [-0.3, -0.25) is 0 Å². The first-order valence-electron chi connectivity index (χ1n) is 6.77. The summed E-state index contributed by atoms with van der Waals surface area (Å²) in [5.74, 6) is 0.0474. The number of hydrogen-bond donors (Lipinski definition) is 2. The van der Waals surface area contributed by atoms with Crippen molar-refractivity contribution in [1.82, 2.24) is 5.32 Å². The molecule has 1 aliphatic carbocycles. The van der Waals surface area contributed by atoms with Gasteiger partial charge in [0, 0.05) is 12.6 Å². The number of ether oxygens (including phenoxy) is 1. The number of aliphatic carboxylic acids is 1. The van der Waals surface area contributed by atoms with E-state index in [-0.39, 0.29) is 6.10 Å². The second-order valence-electron chi connectivity index (χ2n) is 5.53. The first kappa shape index (κ1) is 12.8. The Morgan fingerprint density at radius 2 is 1.94 bits per heavy atom. The van der Waals surface area contributed by atoms with Crippen LogP contribution in [0.15, 0.2) is 0 Å². The van der Waals surface area contributed by atoms with E-state index in [4.69, 9.17) is 9.84 Å². The molecular weight excluding hydrogens is 218 g/mol. The maximum atomic E-state index is 10.7. The van der Waals surface area contributed by atoms with E-state index in [0.29, 0.717) is 12.5 Å². The topological polar surface area (TPSA) is 58.6 Å². The van der Waals surface area contributed by atoms with Crippen molar-refractivity contribution < 1.29 is 14.6 Å². The first-order valence-corrected chi connectivity index (χ1v) is 6.77. The van der Waals surface area contributed by atoms with Crippen LogP contribution in [-0.2, 0) is 9.53 Å². The largest absolute Gasteiger partial charge is 0.479 e. The van der Waals surface area contributed by atoms with Crippen LogP contribution < -0.4 is 5.32 Å². The van der Waals surface area contributed by atoms with Crippen LogP contribution in [0.5, 0.6) is 0 Å². The monoisotopic (exact) mass is 241 g/mol. The van der Waals surface area contributed by atoms with Crippen LogP contribution in [0.1, 0.15) is 45.4 Å². The van der Waals surface area contributed by atoms with Crippen molar-refractivity contribution in [3.63, 3.8) is 0 Å².